The summed E-state index contributed by atoms with van der Waals surface area (Å²) in [6.07, 6.45) is 1.64. The molecule has 0 aromatic heterocycles. The third-order valence-electron chi connectivity index (χ3n) is 4.05. The molecule has 0 unspecified atom stereocenters. The van der Waals surface area contributed by atoms with Crippen molar-refractivity contribution >= 4 is 11.9 Å². The predicted octanol–water partition coefficient (Wildman–Crippen LogP) is 4.93. The number of unbranched alkanes of at least 4 members (excludes halogenated alkanes) is 1. The van der Waals surface area contributed by atoms with E-state index in [0.29, 0.717) is 16.4 Å². The topological polar surface area (TPSA) is 55.8 Å². The number of benzene rings is 2. The highest BCUT2D eigenvalue weighted by Gasteiger charge is 2.23. The van der Waals surface area contributed by atoms with Crippen molar-refractivity contribution in [2.45, 2.75) is 46.0 Å². The van der Waals surface area contributed by atoms with Gasteiger partial charge in [0.25, 0.3) is 0 Å². The lowest BCUT2D eigenvalue weighted by Crippen LogP contribution is -2.34. The molecule has 2 rings (SSSR count). The average Bonchev–Trinajstić information content (AvgIpc) is 2.67. The highest BCUT2D eigenvalue weighted by molar-refractivity contribution is 5.95. The van der Waals surface area contributed by atoms with E-state index in [1.807, 2.05) is 25.1 Å². The minimum absolute atomic E-state index is 0.0129. The van der Waals surface area contributed by atoms with Crippen LogP contribution < -0.4 is 0 Å². The molecule has 0 atom stereocenters. The quantitative estimate of drug-likeness (QED) is 0.535. The Hall–Kier alpha value is -2.66. The Bertz CT molecular complexity index is 748. The van der Waals surface area contributed by atoms with Crippen LogP contribution >= 0.6 is 0 Å². The lowest BCUT2D eigenvalue weighted by atomic mass is 9.87. The summed E-state index contributed by atoms with van der Waals surface area (Å²) in [5.74, 6) is -1.16. The zero-order valence-electron chi connectivity index (χ0n) is 16.4. The molecule has 0 aliphatic rings. The van der Waals surface area contributed by atoms with Gasteiger partial charge in [0.15, 0.2) is 0 Å². The largest absolute Gasteiger partial charge is 0.366 e. The van der Waals surface area contributed by atoms with Crippen LogP contribution in [0.2, 0.25) is 0 Å². The number of nitrogens with zero attached hydrogens (tertiary/aromatic N) is 1. The van der Waals surface area contributed by atoms with Crippen LogP contribution in [0.1, 0.15) is 66.8 Å². The normalized spacial score (nSPS) is 11.1. The van der Waals surface area contributed by atoms with Crippen molar-refractivity contribution in [3.05, 3.63) is 71.3 Å². The zero-order valence-corrected chi connectivity index (χ0v) is 16.4. The SMILES string of the molecule is CCCCON(OC(=O)c1ccc(C(C)(C)C)cc1)C(=O)c1ccccc1. The van der Waals surface area contributed by atoms with Crippen LogP contribution in [0.25, 0.3) is 0 Å². The zero-order chi connectivity index (χ0) is 19.9. The molecule has 144 valence electrons. The molecule has 0 N–H and O–H groups in total. The molecule has 2 aromatic carbocycles. The molecule has 0 bridgehead atoms. The maximum atomic E-state index is 12.6. The van der Waals surface area contributed by atoms with E-state index in [9.17, 15) is 9.59 Å². The molecule has 0 heterocycles. The van der Waals surface area contributed by atoms with E-state index in [2.05, 4.69) is 20.8 Å². The van der Waals surface area contributed by atoms with Crippen molar-refractivity contribution in [2.24, 2.45) is 0 Å². The second-order valence-electron chi connectivity index (χ2n) is 7.32. The van der Waals surface area contributed by atoms with E-state index in [1.54, 1.807) is 36.4 Å². The van der Waals surface area contributed by atoms with Gasteiger partial charge in [0.2, 0.25) is 0 Å². The first-order valence-corrected chi connectivity index (χ1v) is 9.18. The number of amides is 1. The van der Waals surface area contributed by atoms with Crippen molar-refractivity contribution in [1.29, 1.82) is 0 Å². The standard InChI is InChI=1S/C22H27NO4/c1-5-6-16-26-23(20(24)17-10-8-7-9-11-17)27-21(25)18-12-14-19(15-13-18)22(2,3)4/h7-15H,5-6,16H2,1-4H3. The summed E-state index contributed by atoms with van der Waals surface area (Å²) in [6.45, 7) is 8.59. The Labute approximate surface area is 160 Å². The van der Waals surface area contributed by atoms with Crippen LogP contribution in [0.5, 0.6) is 0 Å². The molecular formula is C22H27NO4. The monoisotopic (exact) mass is 369 g/mol. The summed E-state index contributed by atoms with van der Waals surface area (Å²) in [5.41, 5.74) is 1.83. The highest BCUT2D eigenvalue weighted by atomic mass is 17.0. The van der Waals surface area contributed by atoms with E-state index in [1.165, 1.54) is 0 Å². The number of hydrogen-bond donors (Lipinski definition) is 0. The third-order valence-corrected chi connectivity index (χ3v) is 4.05. The molecular weight excluding hydrogens is 342 g/mol. The molecule has 27 heavy (non-hydrogen) atoms. The van der Waals surface area contributed by atoms with Gasteiger partial charge < -0.3 is 4.84 Å². The molecule has 0 spiro atoms. The minimum atomic E-state index is -0.642. The lowest BCUT2D eigenvalue weighted by Gasteiger charge is -2.21. The molecule has 0 aliphatic carbocycles. The van der Waals surface area contributed by atoms with Crippen LogP contribution in [-0.4, -0.2) is 23.7 Å². The van der Waals surface area contributed by atoms with Gasteiger partial charge in [0.05, 0.1) is 12.2 Å². The van der Waals surface area contributed by atoms with Gasteiger partial charge in [0, 0.05) is 5.56 Å². The van der Waals surface area contributed by atoms with Crippen molar-refractivity contribution in [1.82, 2.24) is 5.23 Å². The Kier molecular flexibility index (Phi) is 7.13. The first-order valence-electron chi connectivity index (χ1n) is 9.18. The van der Waals surface area contributed by atoms with Crippen LogP contribution in [0.3, 0.4) is 0 Å². The Morgan fingerprint density at radius 1 is 0.926 bits per heavy atom. The van der Waals surface area contributed by atoms with Gasteiger partial charge in [-0.2, -0.15) is 0 Å². The van der Waals surface area contributed by atoms with Crippen LogP contribution in [-0.2, 0) is 15.1 Å². The molecule has 0 radical (unpaired) electrons. The summed E-state index contributed by atoms with van der Waals surface area (Å²) in [7, 11) is 0. The van der Waals surface area contributed by atoms with E-state index in [4.69, 9.17) is 9.68 Å². The second kappa shape index (κ2) is 9.33. The highest BCUT2D eigenvalue weighted by Crippen LogP contribution is 2.22. The van der Waals surface area contributed by atoms with Crippen molar-refractivity contribution < 1.29 is 19.3 Å². The molecule has 0 saturated heterocycles. The molecule has 1 amide bonds. The summed E-state index contributed by atoms with van der Waals surface area (Å²) >= 11 is 0. The summed E-state index contributed by atoms with van der Waals surface area (Å²) in [4.78, 5) is 35.8. The number of hydrogen-bond acceptors (Lipinski definition) is 4. The maximum Gasteiger partial charge on any atom is 0.366 e. The van der Waals surface area contributed by atoms with E-state index >= 15 is 0 Å². The summed E-state index contributed by atoms with van der Waals surface area (Å²) < 4.78 is 0. The summed E-state index contributed by atoms with van der Waals surface area (Å²) in [5, 5.41) is 0.686. The molecule has 2 aromatic rings. The lowest BCUT2D eigenvalue weighted by molar-refractivity contribution is -0.293. The second-order valence-corrected chi connectivity index (χ2v) is 7.32. The van der Waals surface area contributed by atoms with Crippen LogP contribution in [0, 0.1) is 0 Å². The van der Waals surface area contributed by atoms with Crippen molar-refractivity contribution in [2.75, 3.05) is 6.61 Å². The van der Waals surface area contributed by atoms with Gasteiger partial charge in [-0.3, -0.25) is 4.79 Å². The van der Waals surface area contributed by atoms with Crippen molar-refractivity contribution in [3.63, 3.8) is 0 Å². The van der Waals surface area contributed by atoms with E-state index in [0.717, 1.165) is 18.4 Å². The summed E-state index contributed by atoms with van der Waals surface area (Å²) in [6, 6.07) is 15.7. The first kappa shape index (κ1) is 20.6. The van der Waals surface area contributed by atoms with E-state index < -0.39 is 11.9 Å². The van der Waals surface area contributed by atoms with Gasteiger partial charge >= 0.3 is 11.9 Å². The predicted molar refractivity (Wildman–Crippen MR) is 104 cm³/mol. The Balaban J connectivity index is 2.13. The number of rotatable bonds is 6. The number of hydroxylamine groups is 2. The minimum Gasteiger partial charge on any atom is -0.306 e. The number of carbonyl (C=O) groups excluding carboxylic acids is 2. The van der Waals surface area contributed by atoms with Gasteiger partial charge in [-0.15, -0.1) is 0 Å². The molecule has 0 saturated carbocycles. The maximum absolute atomic E-state index is 12.6. The fourth-order valence-corrected chi connectivity index (χ4v) is 2.34. The molecule has 5 heteroatoms. The fraction of sp³-hybridized carbons (Fsp3) is 0.364. The number of carbonyl (C=O) groups is 2. The van der Waals surface area contributed by atoms with Crippen LogP contribution in [0.4, 0.5) is 0 Å². The Morgan fingerprint density at radius 3 is 2.11 bits per heavy atom. The van der Waals surface area contributed by atoms with Crippen molar-refractivity contribution in [3.8, 4) is 0 Å². The molecule has 5 nitrogen and oxygen atoms in total. The molecule has 0 fully saturated rings. The third kappa shape index (κ3) is 5.93. The fourth-order valence-electron chi connectivity index (χ4n) is 2.34. The van der Waals surface area contributed by atoms with Crippen LogP contribution in [0.15, 0.2) is 54.6 Å². The van der Waals surface area contributed by atoms with Gasteiger partial charge in [0.1, 0.15) is 0 Å². The first-order chi connectivity index (χ1) is 12.8. The molecule has 0 aliphatic heterocycles. The smallest absolute Gasteiger partial charge is 0.306 e. The van der Waals surface area contributed by atoms with Gasteiger partial charge in [-0.05, 0) is 46.9 Å². The van der Waals surface area contributed by atoms with E-state index in [-0.39, 0.29) is 12.0 Å². The Morgan fingerprint density at radius 2 is 1.56 bits per heavy atom. The van der Waals surface area contributed by atoms with Gasteiger partial charge in [-0.25, -0.2) is 9.63 Å². The average molecular weight is 369 g/mol. The van der Waals surface area contributed by atoms with Gasteiger partial charge in [-0.1, -0.05) is 64.4 Å².